The molecule has 0 amide bonds. The van der Waals surface area contributed by atoms with Crippen LogP contribution in [0, 0.1) is 0 Å². The van der Waals surface area contributed by atoms with Crippen molar-refractivity contribution in [3.63, 3.8) is 0 Å². The number of aliphatic imine (C=N–C) groups is 1. The molecule has 0 spiro atoms. The van der Waals surface area contributed by atoms with Crippen LogP contribution in [0.5, 0.6) is 0 Å². The predicted octanol–water partition coefficient (Wildman–Crippen LogP) is 1.16. The van der Waals surface area contributed by atoms with Crippen molar-refractivity contribution in [3.05, 3.63) is 11.4 Å². The fourth-order valence-corrected chi connectivity index (χ4v) is 4.23. The Bertz CT molecular complexity index is 532. The van der Waals surface area contributed by atoms with Gasteiger partial charge in [0.1, 0.15) is 9.90 Å². The molecule has 3 heterocycles. The van der Waals surface area contributed by atoms with Gasteiger partial charge in [-0.25, -0.2) is 12.7 Å². The average molecular weight is 244 g/mol. The lowest BCUT2D eigenvalue weighted by atomic mass is 10.4. The second-order valence-corrected chi connectivity index (χ2v) is 5.99. The van der Waals surface area contributed by atoms with Crippen LogP contribution >= 0.6 is 11.3 Å². The van der Waals surface area contributed by atoms with E-state index in [0.717, 1.165) is 0 Å². The SMILES string of the molecule is O=S1(=O)c2ccsc2N=C2OCCCN21. The molecule has 1 saturated heterocycles. The summed E-state index contributed by atoms with van der Waals surface area (Å²) < 4.78 is 30.6. The van der Waals surface area contributed by atoms with Crippen LogP contribution in [0.3, 0.4) is 0 Å². The largest absolute Gasteiger partial charge is 0.464 e. The number of thiophene rings is 1. The Hall–Kier alpha value is -1.08. The van der Waals surface area contributed by atoms with Crippen LogP contribution in [-0.2, 0) is 14.8 Å². The van der Waals surface area contributed by atoms with Crippen molar-refractivity contribution < 1.29 is 13.2 Å². The molecule has 0 atom stereocenters. The van der Waals surface area contributed by atoms with Crippen LogP contribution in [-0.4, -0.2) is 31.9 Å². The molecule has 0 N–H and O–H groups in total. The van der Waals surface area contributed by atoms with Gasteiger partial charge >= 0.3 is 6.02 Å². The van der Waals surface area contributed by atoms with Crippen molar-refractivity contribution >= 4 is 32.4 Å². The number of hydrogen-bond donors (Lipinski definition) is 0. The van der Waals surface area contributed by atoms with E-state index in [1.807, 2.05) is 0 Å². The van der Waals surface area contributed by atoms with E-state index in [2.05, 4.69) is 4.99 Å². The number of sulfonamides is 1. The van der Waals surface area contributed by atoms with Gasteiger partial charge in [0.05, 0.1) is 6.61 Å². The third kappa shape index (κ3) is 1.19. The second-order valence-electron chi connectivity index (χ2n) is 3.26. The average Bonchev–Trinajstić information content (AvgIpc) is 2.67. The van der Waals surface area contributed by atoms with Gasteiger partial charge in [-0.2, -0.15) is 4.99 Å². The molecule has 0 radical (unpaired) electrons. The fraction of sp³-hybridized carbons (Fsp3) is 0.375. The molecule has 1 fully saturated rings. The summed E-state index contributed by atoms with van der Waals surface area (Å²) in [4.78, 5) is 4.48. The Morgan fingerprint density at radius 1 is 1.53 bits per heavy atom. The minimum Gasteiger partial charge on any atom is -0.464 e. The summed E-state index contributed by atoms with van der Waals surface area (Å²) in [7, 11) is -3.41. The fourth-order valence-electron chi connectivity index (χ4n) is 1.62. The highest BCUT2D eigenvalue weighted by atomic mass is 32.2. The third-order valence-electron chi connectivity index (χ3n) is 2.33. The molecule has 0 aromatic carbocycles. The molecule has 1 aromatic rings. The van der Waals surface area contributed by atoms with Gasteiger partial charge in [-0.15, -0.1) is 11.3 Å². The molecular formula is C8H8N2O3S2. The van der Waals surface area contributed by atoms with Gasteiger partial charge in [-0.05, 0) is 11.4 Å². The Morgan fingerprint density at radius 3 is 3.27 bits per heavy atom. The number of hydrogen-bond acceptors (Lipinski definition) is 5. The van der Waals surface area contributed by atoms with E-state index in [4.69, 9.17) is 4.74 Å². The zero-order valence-corrected chi connectivity index (χ0v) is 9.34. The number of nitrogens with zero attached hydrogens (tertiary/aromatic N) is 2. The Morgan fingerprint density at radius 2 is 2.40 bits per heavy atom. The van der Waals surface area contributed by atoms with E-state index in [1.54, 1.807) is 11.4 Å². The van der Waals surface area contributed by atoms with Gasteiger partial charge in [0.15, 0.2) is 0 Å². The number of amidine groups is 1. The van der Waals surface area contributed by atoms with E-state index in [1.165, 1.54) is 15.6 Å². The van der Waals surface area contributed by atoms with Gasteiger partial charge in [0.2, 0.25) is 0 Å². The van der Waals surface area contributed by atoms with Crippen LogP contribution in [0.2, 0.25) is 0 Å². The Balaban J connectivity index is 2.24. The molecule has 7 heteroatoms. The van der Waals surface area contributed by atoms with E-state index in [-0.39, 0.29) is 6.02 Å². The van der Waals surface area contributed by atoms with Crippen LogP contribution in [0.15, 0.2) is 21.3 Å². The first kappa shape index (κ1) is 9.17. The lowest BCUT2D eigenvalue weighted by molar-refractivity contribution is 0.216. The van der Waals surface area contributed by atoms with Crippen molar-refractivity contribution in [2.24, 2.45) is 4.99 Å². The highest BCUT2D eigenvalue weighted by Gasteiger charge is 2.37. The van der Waals surface area contributed by atoms with Crippen LogP contribution in [0.1, 0.15) is 6.42 Å². The van der Waals surface area contributed by atoms with Crippen LogP contribution in [0.4, 0.5) is 5.00 Å². The lowest BCUT2D eigenvalue weighted by Crippen LogP contribution is -2.44. The molecular weight excluding hydrogens is 236 g/mol. The number of rotatable bonds is 0. The maximum absolute atomic E-state index is 12.1. The molecule has 2 aliphatic rings. The summed E-state index contributed by atoms with van der Waals surface area (Å²) in [5.41, 5.74) is 0. The lowest BCUT2D eigenvalue weighted by Gasteiger charge is -2.31. The van der Waals surface area contributed by atoms with Crippen LogP contribution < -0.4 is 0 Å². The first-order valence-corrected chi connectivity index (χ1v) is 6.83. The zero-order valence-electron chi connectivity index (χ0n) is 7.71. The second kappa shape index (κ2) is 2.96. The van der Waals surface area contributed by atoms with Gasteiger partial charge in [0.25, 0.3) is 10.0 Å². The summed E-state index contributed by atoms with van der Waals surface area (Å²) in [5, 5.41) is 2.24. The maximum Gasteiger partial charge on any atom is 0.307 e. The van der Waals surface area contributed by atoms with E-state index >= 15 is 0 Å². The van der Waals surface area contributed by atoms with E-state index in [9.17, 15) is 8.42 Å². The Labute approximate surface area is 91.0 Å². The molecule has 0 aliphatic carbocycles. The third-order valence-corrected chi connectivity index (χ3v) is 5.07. The molecule has 3 rings (SSSR count). The molecule has 2 aliphatic heterocycles. The normalized spacial score (nSPS) is 22.4. The smallest absolute Gasteiger partial charge is 0.307 e. The summed E-state index contributed by atoms with van der Waals surface area (Å²) in [6, 6.07) is 1.81. The van der Waals surface area contributed by atoms with Crippen molar-refractivity contribution in [1.82, 2.24) is 4.31 Å². The summed E-state index contributed by atoms with van der Waals surface area (Å²) in [6.07, 6.45) is 0.706. The summed E-state index contributed by atoms with van der Waals surface area (Å²) >= 11 is 1.31. The monoisotopic (exact) mass is 244 g/mol. The molecule has 0 unspecified atom stereocenters. The molecule has 80 valence electrons. The number of fused-ring (bicyclic) bond motifs is 2. The number of ether oxygens (including phenoxy) is 1. The topological polar surface area (TPSA) is 59.0 Å². The molecule has 15 heavy (non-hydrogen) atoms. The minimum absolute atomic E-state index is 0.219. The van der Waals surface area contributed by atoms with E-state index in [0.29, 0.717) is 29.5 Å². The highest BCUT2D eigenvalue weighted by molar-refractivity contribution is 7.90. The maximum atomic E-state index is 12.1. The van der Waals surface area contributed by atoms with Gasteiger partial charge < -0.3 is 4.74 Å². The van der Waals surface area contributed by atoms with Crippen LogP contribution in [0.25, 0.3) is 0 Å². The standard InChI is InChI=1S/C8H8N2O3S2/c11-15(12)6-2-5-14-7(6)9-8-10(15)3-1-4-13-8/h2,5H,1,3-4H2. The van der Waals surface area contributed by atoms with E-state index < -0.39 is 10.0 Å². The van der Waals surface area contributed by atoms with Gasteiger partial charge in [-0.1, -0.05) is 0 Å². The molecule has 0 saturated carbocycles. The highest BCUT2D eigenvalue weighted by Crippen LogP contribution is 2.37. The first-order valence-electron chi connectivity index (χ1n) is 4.51. The summed E-state index contributed by atoms with van der Waals surface area (Å²) in [6.45, 7) is 0.988. The molecule has 5 nitrogen and oxygen atoms in total. The Kier molecular flexibility index (Phi) is 1.81. The molecule has 0 bridgehead atoms. The van der Waals surface area contributed by atoms with Crippen molar-refractivity contribution in [1.29, 1.82) is 0 Å². The quantitative estimate of drug-likeness (QED) is 0.688. The first-order chi connectivity index (χ1) is 7.19. The molecule has 1 aromatic heterocycles. The predicted molar refractivity (Wildman–Crippen MR) is 55.9 cm³/mol. The van der Waals surface area contributed by atoms with Gasteiger partial charge in [0, 0.05) is 13.0 Å². The van der Waals surface area contributed by atoms with Gasteiger partial charge in [-0.3, -0.25) is 0 Å². The van der Waals surface area contributed by atoms with Crippen molar-refractivity contribution in [2.75, 3.05) is 13.2 Å². The zero-order chi connectivity index (χ0) is 10.5. The van der Waals surface area contributed by atoms with Crippen molar-refractivity contribution in [2.45, 2.75) is 11.3 Å². The minimum atomic E-state index is -3.41. The van der Waals surface area contributed by atoms with Crippen molar-refractivity contribution in [3.8, 4) is 0 Å². The summed E-state index contributed by atoms with van der Waals surface area (Å²) in [5.74, 6) is 0.